The van der Waals surface area contributed by atoms with Gasteiger partial charge in [0.15, 0.2) is 0 Å². The number of hydrogen-bond acceptors (Lipinski definition) is 6. The van der Waals surface area contributed by atoms with Gasteiger partial charge in [0.25, 0.3) is 0 Å². The highest BCUT2D eigenvalue weighted by molar-refractivity contribution is 5.67. The van der Waals surface area contributed by atoms with Gasteiger partial charge in [-0.1, -0.05) is 6.07 Å². The van der Waals surface area contributed by atoms with Crippen LogP contribution in [0.2, 0.25) is 0 Å². The molecule has 0 radical (unpaired) electrons. The van der Waals surface area contributed by atoms with E-state index in [1.54, 1.807) is 30.6 Å². The molecular formula is C20H20F3N5O. The molecule has 2 N–H and O–H groups in total. The first kappa shape index (κ1) is 20.4. The van der Waals surface area contributed by atoms with E-state index in [9.17, 15) is 13.2 Å². The number of halogens is 3. The zero-order valence-corrected chi connectivity index (χ0v) is 16.1. The van der Waals surface area contributed by atoms with E-state index < -0.39 is 6.36 Å². The number of hydrogen-bond donors (Lipinski definition) is 2. The van der Waals surface area contributed by atoms with E-state index in [1.165, 1.54) is 18.2 Å². The molecule has 0 unspecified atom stereocenters. The van der Waals surface area contributed by atoms with Crippen molar-refractivity contribution in [2.45, 2.75) is 32.7 Å². The van der Waals surface area contributed by atoms with E-state index in [0.717, 1.165) is 5.56 Å². The minimum atomic E-state index is -4.76. The maximum atomic E-state index is 12.5. The van der Waals surface area contributed by atoms with Gasteiger partial charge in [0.1, 0.15) is 11.6 Å². The molecule has 152 valence electrons. The molecule has 0 aliphatic carbocycles. The molecule has 29 heavy (non-hydrogen) atoms. The second-order valence-corrected chi connectivity index (χ2v) is 7.28. The van der Waals surface area contributed by atoms with Crippen LogP contribution in [0, 0.1) is 0 Å². The quantitative estimate of drug-likeness (QED) is 0.595. The van der Waals surface area contributed by atoms with Crippen LogP contribution in [-0.4, -0.2) is 26.9 Å². The number of pyridine rings is 1. The van der Waals surface area contributed by atoms with Crippen molar-refractivity contribution in [2.24, 2.45) is 0 Å². The largest absolute Gasteiger partial charge is 0.573 e. The Morgan fingerprint density at radius 3 is 2.41 bits per heavy atom. The molecule has 0 fully saturated rings. The zero-order valence-electron chi connectivity index (χ0n) is 16.1. The number of nitrogens with zero attached hydrogens (tertiary/aromatic N) is 3. The lowest BCUT2D eigenvalue weighted by molar-refractivity contribution is -0.274. The lowest BCUT2D eigenvalue weighted by atomic mass is 10.1. The van der Waals surface area contributed by atoms with E-state index in [0.29, 0.717) is 23.1 Å². The number of rotatable bonds is 5. The van der Waals surface area contributed by atoms with Gasteiger partial charge in [-0.05, 0) is 45.0 Å². The van der Waals surface area contributed by atoms with Crippen LogP contribution in [0.3, 0.4) is 0 Å². The summed E-state index contributed by atoms with van der Waals surface area (Å²) in [7, 11) is 0. The minimum absolute atomic E-state index is 0.286. The third-order valence-electron chi connectivity index (χ3n) is 3.51. The molecule has 0 spiro atoms. The molecule has 0 bridgehead atoms. The topological polar surface area (TPSA) is 72.0 Å². The number of aromatic nitrogens is 3. The molecule has 0 aliphatic heterocycles. The normalized spacial score (nSPS) is 11.8. The van der Waals surface area contributed by atoms with E-state index in [4.69, 9.17) is 0 Å². The lowest BCUT2D eigenvalue weighted by Gasteiger charge is -2.21. The summed E-state index contributed by atoms with van der Waals surface area (Å²) < 4.78 is 41.4. The highest BCUT2D eigenvalue weighted by atomic mass is 19.4. The van der Waals surface area contributed by atoms with Crippen molar-refractivity contribution in [2.75, 3.05) is 10.6 Å². The maximum absolute atomic E-state index is 12.5. The molecule has 0 saturated carbocycles. The van der Waals surface area contributed by atoms with Crippen LogP contribution in [0.1, 0.15) is 20.8 Å². The summed E-state index contributed by atoms with van der Waals surface area (Å²) in [5.74, 6) is 0.468. The first-order chi connectivity index (χ1) is 13.6. The van der Waals surface area contributed by atoms with Gasteiger partial charge in [-0.25, -0.2) is 4.98 Å². The molecule has 2 aromatic heterocycles. The summed E-state index contributed by atoms with van der Waals surface area (Å²) in [5.41, 5.74) is 1.50. The predicted molar refractivity (Wildman–Crippen MR) is 105 cm³/mol. The fourth-order valence-corrected chi connectivity index (χ4v) is 2.48. The molecule has 3 aromatic rings. The van der Waals surface area contributed by atoms with Crippen LogP contribution in [0.5, 0.6) is 5.75 Å². The Balaban J connectivity index is 1.94. The van der Waals surface area contributed by atoms with Gasteiger partial charge >= 0.3 is 6.36 Å². The predicted octanol–water partition coefficient (Wildman–Crippen LogP) is 5.39. The molecule has 3 rings (SSSR count). The number of nitrogens with one attached hydrogen (secondary N) is 2. The minimum Gasteiger partial charge on any atom is -0.406 e. The molecule has 9 heteroatoms. The standard InChI is InChI=1S/C20H20F3N5O/c1-19(2,3)28-18-26-16(13-6-5-9-24-12-13)11-17(27-18)25-14-7-4-8-15(10-14)29-20(21,22)23/h4-12H,1-3H3,(H2,25,26,27,28). The zero-order chi connectivity index (χ0) is 21.1. The molecular weight excluding hydrogens is 383 g/mol. The van der Waals surface area contributed by atoms with Crippen LogP contribution in [0.4, 0.5) is 30.6 Å². The van der Waals surface area contributed by atoms with Crippen LogP contribution >= 0.6 is 0 Å². The summed E-state index contributed by atoms with van der Waals surface area (Å²) >= 11 is 0. The Morgan fingerprint density at radius 2 is 1.76 bits per heavy atom. The monoisotopic (exact) mass is 403 g/mol. The van der Waals surface area contributed by atoms with Crippen molar-refractivity contribution in [3.63, 3.8) is 0 Å². The van der Waals surface area contributed by atoms with E-state index in [1.807, 2.05) is 26.8 Å². The number of ether oxygens (including phenoxy) is 1. The fourth-order valence-electron chi connectivity index (χ4n) is 2.48. The Hall–Kier alpha value is -3.36. The summed E-state index contributed by atoms with van der Waals surface area (Å²) in [5, 5.41) is 6.21. The van der Waals surface area contributed by atoms with Crippen molar-refractivity contribution in [1.82, 2.24) is 15.0 Å². The van der Waals surface area contributed by atoms with Gasteiger partial charge in [0.05, 0.1) is 5.69 Å². The van der Waals surface area contributed by atoms with E-state index in [2.05, 4.69) is 30.3 Å². The second kappa shape index (κ2) is 7.94. The number of alkyl halides is 3. The maximum Gasteiger partial charge on any atom is 0.573 e. The van der Waals surface area contributed by atoms with Gasteiger partial charge in [-0.3, -0.25) is 4.98 Å². The molecule has 2 heterocycles. The van der Waals surface area contributed by atoms with E-state index >= 15 is 0 Å². The van der Waals surface area contributed by atoms with Crippen molar-refractivity contribution < 1.29 is 17.9 Å². The Kier molecular flexibility index (Phi) is 5.58. The third-order valence-corrected chi connectivity index (χ3v) is 3.51. The summed E-state index contributed by atoms with van der Waals surface area (Å²) in [6.07, 6.45) is -1.43. The van der Waals surface area contributed by atoms with Gasteiger partial charge in [0.2, 0.25) is 5.95 Å². The van der Waals surface area contributed by atoms with Crippen LogP contribution in [-0.2, 0) is 0 Å². The lowest BCUT2D eigenvalue weighted by Crippen LogP contribution is -2.27. The van der Waals surface area contributed by atoms with Crippen molar-refractivity contribution >= 4 is 17.5 Å². The van der Waals surface area contributed by atoms with Gasteiger partial charge in [-0.2, -0.15) is 4.98 Å². The van der Waals surface area contributed by atoms with Crippen LogP contribution < -0.4 is 15.4 Å². The average molecular weight is 403 g/mol. The smallest absolute Gasteiger partial charge is 0.406 e. The Bertz CT molecular complexity index is 972. The molecule has 0 amide bonds. The van der Waals surface area contributed by atoms with Crippen LogP contribution in [0.25, 0.3) is 11.3 Å². The Morgan fingerprint density at radius 1 is 0.966 bits per heavy atom. The first-order valence-corrected chi connectivity index (χ1v) is 8.78. The average Bonchev–Trinajstić information content (AvgIpc) is 2.59. The number of benzene rings is 1. The van der Waals surface area contributed by atoms with Gasteiger partial charge in [0, 0.05) is 41.3 Å². The molecule has 6 nitrogen and oxygen atoms in total. The van der Waals surface area contributed by atoms with Crippen molar-refractivity contribution in [1.29, 1.82) is 0 Å². The molecule has 0 saturated heterocycles. The van der Waals surface area contributed by atoms with E-state index in [-0.39, 0.29) is 11.3 Å². The highest BCUT2D eigenvalue weighted by Crippen LogP contribution is 2.28. The van der Waals surface area contributed by atoms with Gasteiger partial charge in [-0.15, -0.1) is 13.2 Å². The van der Waals surface area contributed by atoms with Gasteiger partial charge < -0.3 is 15.4 Å². The molecule has 0 aliphatic rings. The fraction of sp³-hybridized carbons (Fsp3) is 0.250. The van der Waals surface area contributed by atoms with Crippen LogP contribution in [0.15, 0.2) is 54.9 Å². The van der Waals surface area contributed by atoms with Crippen molar-refractivity contribution in [3.05, 3.63) is 54.9 Å². The SMILES string of the molecule is CC(C)(C)Nc1nc(Nc2cccc(OC(F)(F)F)c2)cc(-c2cccnc2)n1. The molecule has 0 atom stereocenters. The molecule has 1 aromatic carbocycles. The number of anilines is 3. The van der Waals surface area contributed by atoms with Crippen molar-refractivity contribution in [3.8, 4) is 17.0 Å². The highest BCUT2D eigenvalue weighted by Gasteiger charge is 2.31. The third kappa shape index (κ3) is 6.34. The second-order valence-electron chi connectivity index (χ2n) is 7.28. The summed E-state index contributed by atoms with van der Waals surface area (Å²) in [6.45, 7) is 5.91. The Labute approximate surface area is 166 Å². The first-order valence-electron chi connectivity index (χ1n) is 8.78. The summed E-state index contributed by atoms with van der Waals surface area (Å²) in [6, 6.07) is 10.9. The summed E-state index contributed by atoms with van der Waals surface area (Å²) in [4.78, 5) is 13.0.